The van der Waals surface area contributed by atoms with Gasteiger partial charge in [0.2, 0.25) is 0 Å². The molecule has 0 saturated heterocycles. The molecule has 25 heavy (non-hydrogen) atoms. The molecular weight excluding hydrogens is 359 g/mol. The van der Waals surface area contributed by atoms with Crippen LogP contribution in [0.25, 0.3) is 0 Å². The van der Waals surface area contributed by atoms with Gasteiger partial charge in [0.1, 0.15) is 5.82 Å². The highest BCUT2D eigenvalue weighted by Gasteiger charge is 2.09. The van der Waals surface area contributed by atoms with Gasteiger partial charge in [-0.25, -0.2) is 4.98 Å². The van der Waals surface area contributed by atoms with E-state index < -0.39 is 0 Å². The van der Waals surface area contributed by atoms with Crippen molar-refractivity contribution in [1.29, 1.82) is 0 Å². The quantitative estimate of drug-likeness (QED) is 0.693. The zero-order chi connectivity index (χ0) is 17.6. The molecule has 0 spiro atoms. The normalized spacial score (nSPS) is 10.3. The number of carbonyl (C=O) groups excluding carboxylic acids is 1. The number of anilines is 2. The number of nitrogens with zero attached hydrogens (tertiary/aromatic N) is 2. The largest absolute Gasteiger partial charge is 0.348 e. The van der Waals surface area contributed by atoms with Gasteiger partial charge < -0.3 is 10.6 Å². The van der Waals surface area contributed by atoms with Gasteiger partial charge in [0.15, 0.2) is 0 Å². The molecule has 1 aromatic carbocycles. The molecule has 2 heterocycles. The number of benzene rings is 1. The minimum atomic E-state index is -0.202. The van der Waals surface area contributed by atoms with Gasteiger partial charge in [0, 0.05) is 30.7 Å². The molecule has 2 N–H and O–H groups in total. The topological polar surface area (TPSA) is 66.9 Å². The summed E-state index contributed by atoms with van der Waals surface area (Å²) >= 11 is 12.2. The zero-order valence-corrected chi connectivity index (χ0v) is 14.6. The molecule has 0 aliphatic carbocycles. The fourth-order valence-electron chi connectivity index (χ4n) is 2.17. The Balaban J connectivity index is 1.70. The molecule has 0 fully saturated rings. The fraction of sp³-hybridized carbons (Fsp3) is 0.0556. The Morgan fingerprint density at radius 2 is 1.96 bits per heavy atom. The van der Waals surface area contributed by atoms with E-state index in [2.05, 4.69) is 20.6 Å². The molecule has 5 nitrogen and oxygen atoms in total. The predicted molar refractivity (Wildman–Crippen MR) is 99.4 cm³/mol. The minimum absolute atomic E-state index is 0.202. The summed E-state index contributed by atoms with van der Waals surface area (Å²) < 4.78 is 0. The van der Waals surface area contributed by atoms with E-state index in [9.17, 15) is 4.79 Å². The standard InChI is InChI=1S/C18H14Cl2N4O/c19-14-4-1-5-15(17(14)20)24-16-9-13(6-8-22-16)18(25)23-11-12-3-2-7-21-10-12/h1-10H,11H2,(H,22,24)(H,23,25). The molecule has 2 aromatic heterocycles. The highest BCUT2D eigenvalue weighted by molar-refractivity contribution is 6.43. The molecule has 0 radical (unpaired) electrons. The molecule has 0 aliphatic heterocycles. The van der Waals surface area contributed by atoms with Gasteiger partial charge in [0.05, 0.1) is 15.7 Å². The van der Waals surface area contributed by atoms with Crippen LogP contribution >= 0.6 is 23.2 Å². The highest BCUT2D eigenvalue weighted by Crippen LogP contribution is 2.31. The number of halogens is 2. The van der Waals surface area contributed by atoms with Gasteiger partial charge in [-0.2, -0.15) is 0 Å². The summed E-state index contributed by atoms with van der Waals surface area (Å²) in [7, 11) is 0. The van der Waals surface area contributed by atoms with Crippen molar-refractivity contribution in [1.82, 2.24) is 15.3 Å². The van der Waals surface area contributed by atoms with Crippen molar-refractivity contribution in [3.8, 4) is 0 Å². The summed E-state index contributed by atoms with van der Waals surface area (Å²) in [5.41, 5.74) is 2.03. The molecule has 1 amide bonds. The van der Waals surface area contributed by atoms with Gasteiger partial charge in [-0.1, -0.05) is 35.3 Å². The van der Waals surface area contributed by atoms with Crippen LogP contribution in [0.5, 0.6) is 0 Å². The van der Waals surface area contributed by atoms with Crippen molar-refractivity contribution in [2.24, 2.45) is 0 Å². The Hall–Kier alpha value is -2.63. The summed E-state index contributed by atoms with van der Waals surface area (Å²) in [5, 5.41) is 6.75. The predicted octanol–water partition coefficient (Wildman–Crippen LogP) is 4.46. The lowest BCUT2D eigenvalue weighted by Crippen LogP contribution is -2.23. The zero-order valence-electron chi connectivity index (χ0n) is 13.0. The lowest BCUT2D eigenvalue weighted by Gasteiger charge is -2.10. The Morgan fingerprint density at radius 3 is 2.76 bits per heavy atom. The number of amides is 1. The number of aromatic nitrogens is 2. The molecule has 126 valence electrons. The molecule has 3 rings (SSSR count). The molecule has 0 bridgehead atoms. The lowest BCUT2D eigenvalue weighted by atomic mass is 10.2. The van der Waals surface area contributed by atoms with E-state index in [1.54, 1.807) is 48.9 Å². The smallest absolute Gasteiger partial charge is 0.251 e. The van der Waals surface area contributed by atoms with Crippen LogP contribution in [0, 0.1) is 0 Å². The molecule has 0 atom stereocenters. The first-order valence-electron chi connectivity index (χ1n) is 7.47. The van der Waals surface area contributed by atoms with Crippen LogP contribution in [-0.2, 0) is 6.54 Å². The van der Waals surface area contributed by atoms with Gasteiger partial charge >= 0.3 is 0 Å². The van der Waals surface area contributed by atoms with E-state index in [4.69, 9.17) is 23.2 Å². The fourth-order valence-corrected chi connectivity index (χ4v) is 2.51. The second kappa shape index (κ2) is 7.96. The summed E-state index contributed by atoms with van der Waals surface area (Å²) in [4.78, 5) is 20.5. The summed E-state index contributed by atoms with van der Waals surface area (Å²) in [6.45, 7) is 0.401. The highest BCUT2D eigenvalue weighted by atomic mass is 35.5. The number of carbonyl (C=O) groups is 1. The average Bonchev–Trinajstić information content (AvgIpc) is 2.64. The third-order valence-electron chi connectivity index (χ3n) is 3.41. The molecule has 0 aliphatic rings. The van der Waals surface area contributed by atoms with E-state index in [1.807, 2.05) is 12.1 Å². The summed E-state index contributed by atoms with van der Waals surface area (Å²) in [6.07, 6.45) is 4.95. The lowest BCUT2D eigenvalue weighted by molar-refractivity contribution is 0.0951. The van der Waals surface area contributed by atoms with Crippen molar-refractivity contribution in [3.63, 3.8) is 0 Å². The van der Waals surface area contributed by atoms with Crippen molar-refractivity contribution in [2.75, 3.05) is 5.32 Å². The molecule has 0 unspecified atom stereocenters. The van der Waals surface area contributed by atoms with Crippen molar-refractivity contribution < 1.29 is 4.79 Å². The maximum Gasteiger partial charge on any atom is 0.251 e. The summed E-state index contributed by atoms with van der Waals surface area (Å²) in [5.74, 6) is 0.296. The number of rotatable bonds is 5. The van der Waals surface area contributed by atoms with Crippen molar-refractivity contribution >= 4 is 40.6 Å². The van der Waals surface area contributed by atoms with Crippen LogP contribution < -0.4 is 10.6 Å². The average molecular weight is 373 g/mol. The number of nitrogens with one attached hydrogen (secondary N) is 2. The second-order valence-corrected chi connectivity index (χ2v) is 5.99. The van der Waals surface area contributed by atoms with Crippen molar-refractivity contribution in [2.45, 2.75) is 6.54 Å². The van der Waals surface area contributed by atoms with Crippen LogP contribution in [0.3, 0.4) is 0 Å². The first kappa shape index (κ1) is 17.2. The molecular formula is C18H14Cl2N4O. The minimum Gasteiger partial charge on any atom is -0.348 e. The number of pyridine rings is 2. The van der Waals surface area contributed by atoms with E-state index in [0.717, 1.165) is 5.56 Å². The molecule has 7 heteroatoms. The maximum atomic E-state index is 12.3. The van der Waals surface area contributed by atoms with E-state index >= 15 is 0 Å². The van der Waals surface area contributed by atoms with Gasteiger partial charge in [-0.3, -0.25) is 9.78 Å². The van der Waals surface area contributed by atoms with Crippen LogP contribution in [0.2, 0.25) is 10.0 Å². The number of hydrogen-bond acceptors (Lipinski definition) is 4. The second-order valence-electron chi connectivity index (χ2n) is 5.20. The van der Waals surface area contributed by atoms with Crippen LogP contribution in [0.4, 0.5) is 11.5 Å². The van der Waals surface area contributed by atoms with Gasteiger partial charge in [-0.15, -0.1) is 0 Å². The van der Waals surface area contributed by atoms with Gasteiger partial charge in [-0.05, 0) is 35.9 Å². The van der Waals surface area contributed by atoms with E-state index in [0.29, 0.717) is 33.7 Å². The Labute approximate surface area is 155 Å². The SMILES string of the molecule is O=C(NCc1cccnc1)c1ccnc(Nc2cccc(Cl)c2Cl)c1. The first-order chi connectivity index (χ1) is 12.1. The Kier molecular flexibility index (Phi) is 5.48. The van der Waals surface area contributed by atoms with Crippen LogP contribution in [0.15, 0.2) is 61.1 Å². The Morgan fingerprint density at radius 1 is 1.08 bits per heavy atom. The molecule has 3 aromatic rings. The third-order valence-corrected chi connectivity index (χ3v) is 4.23. The maximum absolute atomic E-state index is 12.3. The van der Waals surface area contributed by atoms with Crippen molar-refractivity contribution in [3.05, 3.63) is 82.2 Å². The summed E-state index contributed by atoms with van der Waals surface area (Å²) in [6, 6.07) is 12.3. The first-order valence-corrected chi connectivity index (χ1v) is 8.23. The van der Waals surface area contributed by atoms with E-state index in [1.165, 1.54) is 0 Å². The molecule has 0 saturated carbocycles. The third kappa shape index (κ3) is 4.47. The van der Waals surface area contributed by atoms with Crippen LogP contribution in [0.1, 0.15) is 15.9 Å². The monoisotopic (exact) mass is 372 g/mol. The number of hydrogen-bond donors (Lipinski definition) is 2. The van der Waals surface area contributed by atoms with Crippen LogP contribution in [-0.4, -0.2) is 15.9 Å². The van der Waals surface area contributed by atoms with Gasteiger partial charge in [0.25, 0.3) is 5.91 Å². The Bertz CT molecular complexity index is 887. The van der Waals surface area contributed by atoms with E-state index in [-0.39, 0.29) is 5.91 Å².